The number of hydrogen-bond acceptors (Lipinski definition) is 7. The first-order valence-corrected chi connectivity index (χ1v) is 11.2. The summed E-state index contributed by atoms with van der Waals surface area (Å²) < 4.78 is 0.947. The van der Waals surface area contributed by atoms with E-state index >= 15 is 0 Å². The van der Waals surface area contributed by atoms with Crippen LogP contribution in [0, 0.1) is 6.92 Å². The van der Waals surface area contributed by atoms with Crippen molar-refractivity contribution in [1.82, 2.24) is 19.9 Å². The highest BCUT2D eigenvalue weighted by Crippen LogP contribution is 2.32. The van der Waals surface area contributed by atoms with Crippen LogP contribution in [-0.2, 0) is 0 Å². The summed E-state index contributed by atoms with van der Waals surface area (Å²) in [7, 11) is 0. The molecule has 0 radical (unpaired) electrons. The van der Waals surface area contributed by atoms with E-state index in [2.05, 4.69) is 41.5 Å². The van der Waals surface area contributed by atoms with E-state index in [0.29, 0.717) is 12.0 Å². The quantitative estimate of drug-likeness (QED) is 0.460. The summed E-state index contributed by atoms with van der Waals surface area (Å²) in [6, 6.07) is 4.33. The van der Waals surface area contributed by atoms with E-state index < -0.39 is 0 Å². The fourth-order valence-electron chi connectivity index (χ4n) is 3.37. The molecule has 1 aliphatic carbocycles. The number of halogens is 1. The molecule has 4 rings (SSSR count). The molecular weight excluding hydrogens is 436 g/mol. The van der Waals surface area contributed by atoms with Crippen molar-refractivity contribution in [3.8, 4) is 10.6 Å². The molecule has 3 heterocycles. The van der Waals surface area contributed by atoms with Gasteiger partial charge in [-0.1, -0.05) is 37.0 Å². The Morgan fingerprint density at radius 3 is 2.57 bits per heavy atom. The first kappa shape index (κ1) is 19.3. The molecule has 146 valence electrons. The number of pyridine rings is 1. The number of aromatic nitrogens is 4. The van der Waals surface area contributed by atoms with E-state index in [9.17, 15) is 0 Å². The van der Waals surface area contributed by atoms with Gasteiger partial charge in [-0.3, -0.25) is 0 Å². The number of hydrogen-bond donors (Lipinski definition) is 2. The number of nitrogens with one attached hydrogen (secondary N) is 2. The lowest BCUT2D eigenvalue weighted by Crippen LogP contribution is -2.20. The Hall–Kier alpha value is -2.06. The van der Waals surface area contributed by atoms with Crippen LogP contribution >= 0.6 is 27.3 Å². The van der Waals surface area contributed by atoms with E-state index in [1.807, 2.05) is 31.5 Å². The van der Waals surface area contributed by atoms with Gasteiger partial charge in [-0.25, -0.2) is 19.9 Å². The third kappa shape index (κ3) is 4.86. The van der Waals surface area contributed by atoms with Crippen LogP contribution in [0.1, 0.15) is 44.1 Å². The predicted octanol–water partition coefficient (Wildman–Crippen LogP) is 5.94. The Morgan fingerprint density at radius 1 is 1.00 bits per heavy atom. The highest BCUT2D eigenvalue weighted by atomic mass is 79.9. The zero-order valence-corrected chi connectivity index (χ0v) is 18.2. The zero-order chi connectivity index (χ0) is 19.3. The van der Waals surface area contributed by atoms with Crippen molar-refractivity contribution in [2.24, 2.45) is 0 Å². The molecule has 6 nitrogen and oxygen atoms in total. The third-order valence-electron chi connectivity index (χ3n) is 4.86. The minimum atomic E-state index is 0.472. The Balaban J connectivity index is 1.50. The Bertz CT molecular complexity index is 919. The lowest BCUT2D eigenvalue weighted by atomic mass is 10.1. The molecule has 0 unspecified atom stereocenters. The number of thiazole rings is 1. The van der Waals surface area contributed by atoms with Gasteiger partial charge in [-0.05, 0) is 53.4 Å². The summed E-state index contributed by atoms with van der Waals surface area (Å²) >= 11 is 4.96. The molecule has 3 aromatic rings. The number of anilines is 3. The summed E-state index contributed by atoms with van der Waals surface area (Å²) in [5.41, 5.74) is 1.98. The summed E-state index contributed by atoms with van der Waals surface area (Å²) in [5, 5.41) is 7.58. The molecule has 0 aromatic carbocycles. The van der Waals surface area contributed by atoms with Crippen molar-refractivity contribution in [2.75, 3.05) is 10.6 Å². The van der Waals surface area contributed by atoms with Crippen LogP contribution in [0.5, 0.6) is 0 Å². The lowest BCUT2D eigenvalue weighted by molar-refractivity contribution is 0.615. The van der Waals surface area contributed by atoms with Crippen LogP contribution in [0.2, 0.25) is 0 Å². The van der Waals surface area contributed by atoms with Crippen LogP contribution in [0.4, 0.5) is 16.9 Å². The fourth-order valence-corrected chi connectivity index (χ4v) is 4.48. The molecule has 28 heavy (non-hydrogen) atoms. The van der Waals surface area contributed by atoms with Gasteiger partial charge in [-0.15, -0.1) is 0 Å². The van der Waals surface area contributed by atoms with Gasteiger partial charge in [0.2, 0.25) is 5.95 Å². The van der Waals surface area contributed by atoms with Crippen LogP contribution < -0.4 is 10.6 Å². The third-order valence-corrected chi connectivity index (χ3v) is 6.25. The van der Waals surface area contributed by atoms with Crippen LogP contribution in [0.25, 0.3) is 10.6 Å². The van der Waals surface area contributed by atoms with Gasteiger partial charge in [0.05, 0.1) is 10.6 Å². The number of rotatable bonds is 5. The van der Waals surface area contributed by atoms with Gasteiger partial charge in [0.15, 0.2) is 5.13 Å². The van der Waals surface area contributed by atoms with Crippen molar-refractivity contribution in [3.63, 3.8) is 0 Å². The van der Waals surface area contributed by atoms with E-state index in [-0.39, 0.29) is 0 Å². The van der Waals surface area contributed by atoms with Crippen LogP contribution in [-0.4, -0.2) is 26.0 Å². The number of aryl methyl sites for hydroxylation is 1. The lowest BCUT2D eigenvalue weighted by Gasteiger charge is -2.16. The molecule has 0 spiro atoms. The average molecular weight is 459 g/mol. The average Bonchev–Trinajstić information content (AvgIpc) is 3.00. The second-order valence-electron chi connectivity index (χ2n) is 7.07. The van der Waals surface area contributed by atoms with Crippen molar-refractivity contribution in [3.05, 3.63) is 40.8 Å². The Morgan fingerprint density at radius 2 is 1.82 bits per heavy atom. The van der Waals surface area contributed by atoms with E-state index in [1.165, 1.54) is 38.5 Å². The topological polar surface area (TPSA) is 75.6 Å². The second-order valence-corrected chi connectivity index (χ2v) is 9.02. The Kier molecular flexibility index (Phi) is 6.17. The van der Waals surface area contributed by atoms with Crippen LogP contribution in [0.3, 0.4) is 0 Å². The van der Waals surface area contributed by atoms with Crippen molar-refractivity contribution >= 4 is 44.2 Å². The summed E-state index contributed by atoms with van der Waals surface area (Å²) in [4.78, 5) is 19.1. The molecule has 0 amide bonds. The maximum absolute atomic E-state index is 4.80. The normalized spacial score (nSPS) is 15.2. The van der Waals surface area contributed by atoms with Gasteiger partial charge in [0.25, 0.3) is 0 Å². The highest BCUT2D eigenvalue weighted by Gasteiger charge is 2.15. The molecule has 1 aliphatic rings. The van der Waals surface area contributed by atoms with E-state index in [1.54, 1.807) is 17.5 Å². The summed E-state index contributed by atoms with van der Waals surface area (Å²) in [5.74, 6) is 1.48. The second kappa shape index (κ2) is 8.96. The fraction of sp³-hybridized carbons (Fsp3) is 0.400. The first-order chi connectivity index (χ1) is 13.7. The van der Waals surface area contributed by atoms with Gasteiger partial charge >= 0.3 is 0 Å². The first-order valence-electron chi connectivity index (χ1n) is 9.62. The van der Waals surface area contributed by atoms with Gasteiger partial charge in [-0.2, -0.15) is 0 Å². The molecule has 0 bridgehead atoms. The minimum Gasteiger partial charge on any atom is -0.351 e. The van der Waals surface area contributed by atoms with E-state index in [0.717, 1.165) is 31.6 Å². The summed E-state index contributed by atoms with van der Waals surface area (Å²) in [6.07, 6.45) is 13.1. The molecule has 0 atom stereocenters. The molecular formula is C20H23BrN6S. The van der Waals surface area contributed by atoms with E-state index in [4.69, 9.17) is 4.98 Å². The zero-order valence-electron chi connectivity index (χ0n) is 15.8. The molecule has 0 saturated heterocycles. The predicted molar refractivity (Wildman–Crippen MR) is 118 cm³/mol. The SMILES string of the molecule is Cc1cnc(NC2CCCCCC2)nc1-c1cnc(Nc2ccc(Br)cn2)s1. The molecule has 3 aromatic heterocycles. The maximum atomic E-state index is 4.80. The Labute approximate surface area is 177 Å². The highest BCUT2D eigenvalue weighted by molar-refractivity contribution is 9.10. The maximum Gasteiger partial charge on any atom is 0.223 e. The van der Waals surface area contributed by atoms with Crippen molar-refractivity contribution < 1.29 is 0 Å². The molecule has 8 heteroatoms. The van der Waals surface area contributed by atoms with Gasteiger partial charge < -0.3 is 10.6 Å². The minimum absolute atomic E-state index is 0.472. The van der Waals surface area contributed by atoms with Crippen LogP contribution in [0.15, 0.2) is 35.2 Å². The molecule has 2 N–H and O–H groups in total. The smallest absolute Gasteiger partial charge is 0.223 e. The van der Waals surface area contributed by atoms with Crippen molar-refractivity contribution in [2.45, 2.75) is 51.5 Å². The number of nitrogens with zero attached hydrogens (tertiary/aromatic N) is 4. The molecule has 1 saturated carbocycles. The van der Waals surface area contributed by atoms with Gasteiger partial charge in [0.1, 0.15) is 5.82 Å². The molecule has 0 aliphatic heterocycles. The summed E-state index contributed by atoms with van der Waals surface area (Å²) in [6.45, 7) is 2.04. The van der Waals surface area contributed by atoms with Gasteiger partial charge in [0, 0.05) is 29.1 Å². The van der Waals surface area contributed by atoms with Crippen molar-refractivity contribution in [1.29, 1.82) is 0 Å². The largest absolute Gasteiger partial charge is 0.351 e. The standard InChI is InChI=1S/C20H23BrN6S/c1-13-10-23-19(25-15-6-4-2-3-5-7-15)27-18(13)16-12-24-20(28-16)26-17-9-8-14(21)11-22-17/h8-12,15H,2-7H2,1H3,(H,22,24,26)(H,23,25,27). The molecule has 1 fully saturated rings. The monoisotopic (exact) mass is 458 g/mol.